The number of hydrogen-bond acceptors (Lipinski definition) is 3. The highest BCUT2D eigenvalue weighted by Crippen LogP contribution is 2.11. The van der Waals surface area contributed by atoms with Crippen LogP contribution in [0.25, 0.3) is 0 Å². The summed E-state index contributed by atoms with van der Waals surface area (Å²) in [6.07, 6.45) is 1.12. The molecule has 1 atom stereocenters. The van der Waals surface area contributed by atoms with Crippen LogP contribution < -0.4 is 5.32 Å². The van der Waals surface area contributed by atoms with Crippen LogP contribution in [0.5, 0.6) is 0 Å². The average Bonchev–Trinajstić information content (AvgIpc) is 2.07. The lowest BCUT2D eigenvalue weighted by Gasteiger charge is -2.15. The normalized spacial score (nSPS) is 12.9. The van der Waals surface area contributed by atoms with Gasteiger partial charge < -0.3 is 5.32 Å². The van der Waals surface area contributed by atoms with E-state index in [1.54, 1.807) is 6.07 Å². The number of nitrogens with one attached hydrogen (secondary N) is 1. The summed E-state index contributed by atoms with van der Waals surface area (Å²) in [6.45, 7) is 6.54. The number of halogens is 1. The fraction of sp³-hybridized carbons (Fsp3) is 0.600. The molecule has 78 valence electrons. The zero-order chi connectivity index (χ0) is 10.6. The maximum Gasteiger partial charge on any atom is 0.151 e. The molecular weight excluding hydrogens is 198 g/mol. The topological polar surface area (TPSA) is 37.8 Å². The minimum absolute atomic E-state index is 0.408. The predicted molar refractivity (Wildman–Crippen MR) is 59.6 cm³/mol. The van der Waals surface area contributed by atoms with Gasteiger partial charge in [-0.15, -0.1) is 10.2 Å². The lowest BCUT2D eigenvalue weighted by molar-refractivity contribution is 0.538. The van der Waals surface area contributed by atoms with Gasteiger partial charge in [-0.2, -0.15) is 0 Å². The molecule has 3 nitrogen and oxygen atoms in total. The maximum atomic E-state index is 5.63. The van der Waals surface area contributed by atoms with Crippen molar-refractivity contribution >= 4 is 17.4 Å². The highest BCUT2D eigenvalue weighted by Gasteiger charge is 2.05. The quantitative estimate of drug-likeness (QED) is 0.836. The van der Waals surface area contributed by atoms with Crippen molar-refractivity contribution in [3.63, 3.8) is 0 Å². The molecule has 0 aliphatic heterocycles. The van der Waals surface area contributed by atoms with Gasteiger partial charge in [-0.1, -0.05) is 25.4 Å². The van der Waals surface area contributed by atoms with Crippen molar-refractivity contribution in [3.05, 3.63) is 17.3 Å². The third kappa shape index (κ3) is 3.92. The number of anilines is 1. The van der Waals surface area contributed by atoms with E-state index in [2.05, 4.69) is 36.3 Å². The molecule has 4 heteroatoms. The monoisotopic (exact) mass is 213 g/mol. The van der Waals surface area contributed by atoms with Crippen molar-refractivity contribution in [2.24, 2.45) is 5.92 Å². The zero-order valence-electron chi connectivity index (χ0n) is 8.79. The minimum atomic E-state index is 0.408. The molecule has 0 bridgehead atoms. The fourth-order valence-electron chi connectivity index (χ4n) is 1.41. The molecular formula is C10H16ClN3. The first-order valence-electron chi connectivity index (χ1n) is 4.83. The molecule has 1 aromatic rings. The zero-order valence-corrected chi connectivity index (χ0v) is 9.54. The smallest absolute Gasteiger partial charge is 0.151 e. The average molecular weight is 214 g/mol. The number of hydrogen-bond donors (Lipinski definition) is 1. The summed E-state index contributed by atoms with van der Waals surface area (Å²) in [5.74, 6) is 1.46. The molecule has 0 amide bonds. The number of aromatic nitrogens is 2. The van der Waals surface area contributed by atoms with Crippen LogP contribution in [0, 0.1) is 5.92 Å². The Balaban J connectivity index is 2.47. The third-order valence-electron chi connectivity index (χ3n) is 1.85. The molecule has 0 radical (unpaired) electrons. The van der Waals surface area contributed by atoms with Crippen molar-refractivity contribution in [3.8, 4) is 0 Å². The first kappa shape index (κ1) is 11.2. The Morgan fingerprint density at radius 2 is 2.00 bits per heavy atom. The predicted octanol–water partition coefficient (Wildman–Crippen LogP) is 2.98. The Labute approximate surface area is 89.9 Å². The summed E-state index contributed by atoms with van der Waals surface area (Å²) in [5, 5.41) is 11.4. The molecule has 1 heterocycles. The van der Waals surface area contributed by atoms with Crippen LogP contribution in [-0.4, -0.2) is 16.2 Å². The highest BCUT2D eigenvalue weighted by molar-refractivity contribution is 6.29. The van der Waals surface area contributed by atoms with Crippen LogP contribution in [0.4, 0.5) is 5.82 Å². The Hall–Kier alpha value is -0.830. The maximum absolute atomic E-state index is 5.63. The standard InChI is InChI=1S/C10H16ClN3/c1-7(2)6-8(3)12-10-5-4-9(11)13-14-10/h4-5,7-8H,6H2,1-3H3,(H,12,14). The highest BCUT2D eigenvalue weighted by atomic mass is 35.5. The lowest BCUT2D eigenvalue weighted by atomic mass is 10.1. The molecule has 14 heavy (non-hydrogen) atoms. The van der Waals surface area contributed by atoms with E-state index in [0.717, 1.165) is 12.2 Å². The van der Waals surface area contributed by atoms with Crippen LogP contribution in [0.1, 0.15) is 27.2 Å². The van der Waals surface area contributed by atoms with Crippen LogP contribution in [-0.2, 0) is 0 Å². The molecule has 0 saturated carbocycles. The van der Waals surface area contributed by atoms with Gasteiger partial charge in [-0.05, 0) is 31.4 Å². The Morgan fingerprint density at radius 1 is 1.29 bits per heavy atom. The van der Waals surface area contributed by atoms with E-state index in [4.69, 9.17) is 11.6 Å². The second-order valence-corrected chi connectivity index (χ2v) is 4.30. The molecule has 0 aliphatic carbocycles. The Morgan fingerprint density at radius 3 is 2.50 bits per heavy atom. The Bertz CT molecular complexity index is 271. The molecule has 0 aliphatic rings. The van der Waals surface area contributed by atoms with Crippen LogP contribution >= 0.6 is 11.6 Å². The fourth-order valence-corrected chi connectivity index (χ4v) is 1.51. The first-order chi connectivity index (χ1) is 6.58. The second-order valence-electron chi connectivity index (χ2n) is 3.92. The first-order valence-corrected chi connectivity index (χ1v) is 5.21. The van der Waals surface area contributed by atoms with Crippen LogP contribution in [0.2, 0.25) is 5.15 Å². The van der Waals surface area contributed by atoms with E-state index < -0.39 is 0 Å². The molecule has 1 unspecified atom stereocenters. The van der Waals surface area contributed by atoms with E-state index in [9.17, 15) is 0 Å². The molecule has 1 aromatic heterocycles. The molecule has 0 spiro atoms. The molecule has 0 saturated heterocycles. The molecule has 0 fully saturated rings. The van der Waals surface area contributed by atoms with E-state index in [-0.39, 0.29) is 0 Å². The third-order valence-corrected chi connectivity index (χ3v) is 2.05. The van der Waals surface area contributed by atoms with Gasteiger partial charge in [0.1, 0.15) is 5.82 Å². The molecule has 0 aromatic carbocycles. The van der Waals surface area contributed by atoms with Crippen LogP contribution in [0.15, 0.2) is 12.1 Å². The number of nitrogens with zero attached hydrogens (tertiary/aromatic N) is 2. The summed E-state index contributed by atoms with van der Waals surface area (Å²) in [7, 11) is 0. The SMILES string of the molecule is CC(C)CC(C)Nc1ccc(Cl)nn1. The summed E-state index contributed by atoms with van der Waals surface area (Å²) < 4.78 is 0. The van der Waals surface area contributed by atoms with Gasteiger partial charge in [0.2, 0.25) is 0 Å². The summed E-state index contributed by atoms with van der Waals surface area (Å²) in [4.78, 5) is 0. The molecule has 1 rings (SSSR count). The van der Waals surface area contributed by atoms with Crippen molar-refractivity contribution in [1.82, 2.24) is 10.2 Å². The van der Waals surface area contributed by atoms with Gasteiger partial charge in [0.15, 0.2) is 5.15 Å². The second kappa shape index (κ2) is 5.15. The minimum Gasteiger partial charge on any atom is -0.366 e. The van der Waals surface area contributed by atoms with Crippen molar-refractivity contribution < 1.29 is 0 Å². The van der Waals surface area contributed by atoms with E-state index in [0.29, 0.717) is 17.1 Å². The van der Waals surface area contributed by atoms with Crippen molar-refractivity contribution in [2.75, 3.05) is 5.32 Å². The largest absolute Gasteiger partial charge is 0.366 e. The van der Waals surface area contributed by atoms with E-state index >= 15 is 0 Å². The van der Waals surface area contributed by atoms with Crippen molar-refractivity contribution in [1.29, 1.82) is 0 Å². The van der Waals surface area contributed by atoms with Gasteiger partial charge in [0.05, 0.1) is 0 Å². The van der Waals surface area contributed by atoms with E-state index in [1.807, 2.05) is 6.07 Å². The van der Waals surface area contributed by atoms with Gasteiger partial charge in [0, 0.05) is 6.04 Å². The van der Waals surface area contributed by atoms with Crippen molar-refractivity contribution in [2.45, 2.75) is 33.2 Å². The summed E-state index contributed by atoms with van der Waals surface area (Å²) >= 11 is 5.63. The molecule has 1 N–H and O–H groups in total. The van der Waals surface area contributed by atoms with E-state index in [1.165, 1.54) is 0 Å². The van der Waals surface area contributed by atoms with Gasteiger partial charge in [0.25, 0.3) is 0 Å². The van der Waals surface area contributed by atoms with Gasteiger partial charge in [-0.3, -0.25) is 0 Å². The van der Waals surface area contributed by atoms with Gasteiger partial charge in [-0.25, -0.2) is 0 Å². The van der Waals surface area contributed by atoms with Gasteiger partial charge >= 0.3 is 0 Å². The van der Waals surface area contributed by atoms with Crippen LogP contribution in [0.3, 0.4) is 0 Å². The summed E-state index contributed by atoms with van der Waals surface area (Å²) in [6, 6.07) is 3.98. The number of rotatable bonds is 4. The lowest BCUT2D eigenvalue weighted by Crippen LogP contribution is -2.18. The summed E-state index contributed by atoms with van der Waals surface area (Å²) in [5.41, 5.74) is 0. The Kier molecular flexibility index (Phi) is 4.14.